The lowest BCUT2D eigenvalue weighted by Gasteiger charge is -2.22. The van der Waals surface area contributed by atoms with Crippen molar-refractivity contribution in [3.8, 4) is 34.2 Å². The lowest BCUT2D eigenvalue weighted by atomic mass is 10.1. The minimum Gasteiger partial charge on any atom is -0.497 e. The molecule has 0 aliphatic carbocycles. The number of carbonyl (C=O) groups excluding carboxylic acids is 2. The summed E-state index contributed by atoms with van der Waals surface area (Å²) in [5, 5.41) is 3.16. The van der Waals surface area contributed by atoms with Crippen LogP contribution in [0.25, 0.3) is 16.9 Å². The molecular weight excluding hydrogens is 572 g/mol. The summed E-state index contributed by atoms with van der Waals surface area (Å²) in [7, 11) is 4.70. The van der Waals surface area contributed by atoms with Gasteiger partial charge in [0.05, 0.1) is 56.1 Å². The number of hydrogen-bond acceptors (Lipinski definition) is 7. The number of ether oxygens (including phenoxy) is 3. The van der Waals surface area contributed by atoms with Crippen LogP contribution in [0.5, 0.6) is 17.2 Å². The standard InChI is InChI=1S/C32H29ClN4O6/c1-40-23-13-10-21(11-14-23)27-19-37(22-12-15-28(41-2)29(17-22)42-3)32(34-27)35-30(38)20-36(18-24-7-6-16-43-24)31(39)25-8-4-5-9-26(25)33/h4-17,19H,18,20H2,1-3H3,(H,34,35,38). The van der Waals surface area contributed by atoms with Gasteiger partial charge < -0.3 is 23.5 Å². The second-order valence-electron chi connectivity index (χ2n) is 9.36. The van der Waals surface area contributed by atoms with Gasteiger partial charge in [-0.3, -0.25) is 19.5 Å². The predicted molar refractivity (Wildman–Crippen MR) is 162 cm³/mol. The monoisotopic (exact) mass is 600 g/mol. The van der Waals surface area contributed by atoms with E-state index < -0.39 is 11.8 Å². The molecule has 0 fully saturated rings. The Bertz CT molecular complexity index is 1720. The van der Waals surface area contributed by atoms with Crippen molar-refractivity contribution in [1.29, 1.82) is 0 Å². The molecule has 2 amide bonds. The van der Waals surface area contributed by atoms with Crippen LogP contribution in [0.15, 0.2) is 95.7 Å². The molecule has 5 rings (SSSR count). The Labute approximate surface area is 253 Å². The molecule has 0 aliphatic heterocycles. The molecule has 0 saturated heterocycles. The molecule has 0 radical (unpaired) electrons. The summed E-state index contributed by atoms with van der Waals surface area (Å²) in [4.78, 5) is 33.1. The third-order valence-electron chi connectivity index (χ3n) is 6.64. The van der Waals surface area contributed by atoms with Crippen molar-refractivity contribution < 1.29 is 28.2 Å². The van der Waals surface area contributed by atoms with Crippen LogP contribution < -0.4 is 19.5 Å². The Morgan fingerprint density at radius 3 is 2.37 bits per heavy atom. The number of imidazole rings is 1. The van der Waals surface area contributed by atoms with Gasteiger partial charge in [0, 0.05) is 17.8 Å². The Morgan fingerprint density at radius 1 is 0.930 bits per heavy atom. The summed E-state index contributed by atoms with van der Waals surface area (Å²) in [5.74, 6) is 1.63. The molecule has 0 aliphatic rings. The molecule has 5 aromatic rings. The fourth-order valence-electron chi connectivity index (χ4n) is 4.47. The maximum atomic E-state index is 13.5. The number of amides is 2. The maximum Gasteiger partial charge on any atom is 0.256 e. The Balaban J connectivity index is 1.48. The number of aromatic nitrogens is 2. The zero-order chi connectivity index (χ0) is 30.3. The average molecular weight is 601 g/mol. The van der Waals surface area contributed by atoms with Crippen LogP contribution in [0, 0.1) is 0 Å². The number of nitrogens with zero attached hydrogens (tertiary/aromatic N) is 3. The van der Waals surface area contributed by atoms with Crippen molar-refractivity contribution in [3.63, 3.8) is 0 Å². The Kier molecular flexibility index (Phi) is 8.97. The van der Waals surface area contributed by atoms with Crippen molar-refractivity contribution in [2.24, 2.45) is 0 Å². The fourth-order valence-corrected chi connectivity index (χ4v) is 4.69. The highest BCUT2D eigenvalue weighted by atomic mass is 35.5. The molecule has 0 saturated carbocycles. The Morgan fingerprint density at radius 2 is 1.70 bits per heavy atom. The van der Waals surface area contributed by atoms with Gasteiger partial charge in [-0.25, -0.2) is 4.98 Å². The second kappa shape index (κ2) is 13.2. The summed E-state index contributed by atoms with van der Waals surface area (Å²) in [5.41, 5.74) is 2.35. The molecule has 0 atom stereocenters. The molecule has 2 aromatic heterocycles. The third-order valence-corrected chi connectivity index (χ3v) is 6.97. The smallest absolute Gasteiger partial charge is 0.256 e. The van der Waals surface area contributed by atoms with Crippen molar-refractivity contribution in [2.45, 2.75) is 6.54 Å². The summed E-state index contributed by atoms with van der Waals surface area (Å²) in [6.45, 7) is -0.229. The van der Waals surface area contributed by atoms with E-state index in [1.807, 2.05) is 30.3 Å². The number of anilines is 1. The third kappa shape index (κ3) is 6.65. The molecule has 0 bridgehead atoms. The number of nitrogens with one attached hydrogen (secondary N) is 1. The lowest BCUT2D eigenvalue weighted by molar-refractivity contribution is -0.117. The quantitative estimate of drug-likeness (QED) is 0.195. The number of benzene rings is 3. The number of hydrogen-bond donors (Lipinski definition) is 1. The van der Waals surface area contributed by atoms with E-state index in [2.05, 4.69) is 5.32 Å². The van der Waals surface area contributed by atoms with E-state index in [1.54, 1.807) is 80.6 Å². The van der Waals surface area contributed by atoms with Crippen LogP contribution in [0.1, 0.15) is 16.1 Å². The molecule has 0 spiro atoms. The summed E-state index contributed by atoms with van der Waals surface area (Å²) >= 11 is 6.31. The minimum atomic E-state index is -0.472. The van der Waals surface area contributed by atoms with E-state index in [9.17, 15) is 9.59 Å². The highest BCUT2D eigenvalue weighted by molar-refractivity contribution is 6.33. The van der Waals surface area contributed by atoms with E-state index in [1.165, 1.54) is 11.2 Å². The Hall–Kier alpha value is -5.22. The van der Waals surface area contributed by atoms with Crippen molar-refractivity contribution in [2.75, 3.05) is 33.2 Å². The highest BCUT2D eigenvalue weighted by Gasteiger charge is 2.24. The van der Waals surface area contributed by atoms with Gasteiger partial charge in [0.2, 0.25) is 11.9 Å². The van der Waals surface area contributed by atoms with E-state index >= 15 is 0 Å². The van der Waals surface area contributed by atoms with Gasteiger partial charge in [-0.1, -0.05) is 23.7 Å². The average Bonchev–Trinajstić information content (AvgIpc) is 3.70. The van der Waals surface area contributed by atoms with Gasteiger partial charge >= 0.3 is 0 Å². The number of halogens is 1. The van der Waals surface area contributed by atoms with Gasteiger partial charge in [-0.05, 0) is 60.7 Å². The number of rotatable bonds is 11. The van der Waals surface area contributed by atoms with E-state index in [-0.39, 0.29) is 29.6 Å². The van der Waals surface area contributed by atoms with Crippen LogP contribution in [0.4, 0.5) is 5.95 Å². The topological polar surface area (TPSA) is 108 Å². The highest BCUT2D eigenvalue weighted by Crippen LogP contribution is 2.32. The van der Waals surface area contributed by atoms with E-state index in [0.29, 0.717) is 34.4 Å². The molecular formula is C32H29ClN4O6. The summed E-state index contributed by atoms with van der Waals surface area (Å²) in [6, 6.07) is 22.9. The van der Waals surface area contributed by atoms with Crippen molar-refractivity contribution in [3.05, 3.63) is 108 Å². The zero-order valence-electron chi connectivity index (χ0n) is 23.7. The first kappa shape index (κ1) is 29.3. The molecule has 220 valence electrons. The van der Waals surface area contributed by atoms with Gasteiger partial charge in [-0.15, -0.1) is 0 Å². The largest absolute Gasteiger partial charge is 0.497 e. The molecule has 11 heteroatoms. The minimum absolute atomic E-state index is 0.0612. The van der Waals surface area contributed by atoms with Crippen molar-refractivity contribution in [1.82, 2.24) is 14.5 Å². The first-order valence-electron chi connectivity index (χ1n) is 13.2. The SMILES string of the molecule is COc1ccc(-c2cn(-c3ccc(OC)c(OC)c3)c(NC(=O)CN(Cc3ccco3)C(=O)c3ccccc3Cl)n2)cc1. The predicted octanol–water partition coefficient (Wildman–Crippen LogP) is 6.09. The van der Waals surface area contributed by atoms with Crippen molar-refractivity contribution >= 4 is 29.4 Å². The van der Waals surface area contributed by atoms with Gasteiger partial charge in [0.1, 0.15) is 18.1 Å². The van der Waals surface area contributed by atoms with Crippen LogP contribution in [-0.4, -0.2) is 54.1 Å². The second-order valence-corrected chi connectivity index (χ2v) is 9.76. The van der Waals surface area contributed by atoms with Crippen LogP contribution >= 0.6 is 11.6 Å². The maximum absolute atomic E-state index is 13.5. The van der Waals surface area contributed by atoms with Crippen LogP contribution in [0.3, 0.4) is 0 Å². The van der Waals surface area contributed by atoms with Gasteiger partial charge in [-0.2, -0.15) is 0 Å². The van der Waals surface area contributed by atoms with Gasteiger partial charge in [0.25, 0.3) is 5.91 Å². The van der Waals surface area contributed by atoms with E-state index in [4.69, 9.17) is 35.2 Å². The number of carbonyl (C=O) groups is 2. The number of methoxy groups -OCH3 is 3. The molecule has 0 unspecified atom stereocenters. The molecule has 3 aromatic carbocycles. The van der Waals surface area contributed by atoms with Crippen LogP contribution in [0.2, 0.25) is 5.02 Å². The zero-order valence-corrected chi connectivity index (χ0v) is 24.5. The summed E-state index contributed by atoms with van der Waals surface area (Å²) in [6.07, 6.45) is 3.31. The van der Waals surface area contributed by atoms with E-state index in [0.717, 1.165) is 5.56 Å². The fraction of sp³-hybridized carbons (Fsp3) is 0.156. The molecule has 2 heterocycles. The normalized spacial score (nSPS) is 10.7. The van der Waals surface area contributed by atoms with Crippen LogP contribution in [-0.2, 0) is 11.3 Å². The first-order chi connectivity index (χ1) is 20.9. The molecule has 43 heavy (non-hydrogen) atoms. The molecule has 10 nitrogen and oxygen atoms in total. The summed E-state index contributed by atoms with van der Waals surface area (Å²) < 4.78 is 23.3. The molecule has 1 N–H and O–H groups in total. The number of furan rings is 1. The first-order valence-corrected chi connectivity index (χ1v) is 13.6. The lowest BCUT2D eigenvalue weighted by Crippen LogP contribution is -2.38. The van der Waals surface area contributed by atoms with Gasteiger partial charge in [0.15, 0.2) is 11.5 Å².